The smallest absolute Gasteiger partial charge is 0.335 e. The summed E-state index contributed by atoms with van der Waals surface area (Å²) in [6.07, 6.45) is 0. The standard InChI is InChI=1S/C13H10Br2N2O2/c14-8-2-1-3-9(15)12(8)17-11-6-7(13(18)19)4-5-10(11)16/h1-6,17H,16H2,(H,18,19). The summed E-state index contributed by atoms with van der Waals surface area (Å²) < 4.78 is 1.70. The van der Waals surface area contributed by atoms with Gasteiger partial charge in [-0.15, -0.1) is 0 Å². The topological polar surface area (TPSA) is 75.4 Å². The second-order valence-electron chi connectivity index (χ2n) is 3.83. The normalized spacial score (nSPS) is 10.2. The predicted molar refractivity (Wildman–Crippen MR) is 82.9 cm³/mol. The Bertz CT molecular complexity index is 624. The monoisotopic (exact) mass is 384 g/mol. The SMILES string of the molecule is Nc1ccc(C(=O)O)cc1Nc1c(Br)cccc1Br. The van der Waals surface area contributed by atoms with E-state index in [1.54, 1.807) is 6.07 Å². The molecule has 0 aliphatic carbocycles. The minimum atomic E-state index is -0.991. The number of benzene rings is 2. The van der Waals surface area contributed by atoms with Gasteiger partial charge in [-0.3, -0.25) is 0 Å². The van der Waals surface area contributed by atoms with Crippen molar-refractivity contribution in [3.63, 3.8) is 0 Å². The molecule has 6 heteroatoms. The summed E-state index contributed by atoms with van der Waals surface area (Å²) in [6, 6.07) is 10.2. The minimum Gasteiger partial charge on any atom is -0.478 e. The average molecular weight is 386 g/mol. The van der Waals surface area contributed by atoms with E-state index in [9.17, 15) is 4.79 Å². The molecule has 2 aromatic carbocycles. The first-order chi connectivity index (χ1) is 8.99. The molecule has 0 radical (unpaired) electrons. The average Bonchev–Trinajstić information content (AvgIpc) is 2.35. The Morgan fingerprint density at radius 2 is 1.79 bits per heavy atom. The second-order valence-corrected chi connectivity index (χ2v) is 5.54. The molecule has 0 aliphatic rings. The van der Waals surface area contributed by atoms with E-state index in [1.807, 2.05) is 18.2 Å². The number of hydrogen-bond donors (Lipinski definition) is 3. The second kappa shape index (κ2) is 5.63. The number of halogens is 2. The van der Waals surface area contributed by atoms with Gasteiger partial charge in [-0.25, -0.2) is 4.79 Å². The number of nitrogen functional groups attached to an aromatic ring is 1. The van der Waals surface area contributed by atoms with Crippen LogP contribution in [0.1, 0.15) is 10.4 Å². The van der Waals surface area contributed by atoms with Gasteiger partial charge in [0, 0.05) is 8.95 Å². The Morgan fingerprint density at radius 3 is 2.37 bits per heavy atom. The summed E-state index contributed by atoms with van der Waals surface area (Å²) in [6.45, 7) is 0. The minimum absolute atomic E-state index is 0.180. The van der Waals surface area contributed by atoms with Crippen LogP contribution in [0.2, 0.25) is 0 Å². The fourth-order valence-corrected chi connectivity index (χ4v) is 2.75. The summed E-state index contributed by atoms with van der Waals surface area (Å²) in [5, 5.41) is 12.1. The highest BCUT2D eigenvalue weighted by molar-refractivity contribution is 9.11. The number of nitrogens with one attached hydrogen (secondary N) is 1. The van der Waals surface area contributed by atoms with Crippen molar-refractivity contribution in [1.82, 2.24) is 0 Å². The highest BCUT2D eigenvalue weighted by Crippen LogP contribution is 2.35. The van der Waals surface area contributed by atoms with Crippen LogP contribution in [-0.2, 0) is 0 Å². The van der Waals surface area contributed by atoms with Gasteiger partial charge < -0.3 is 16.2 Å². The van der Waals surface area contributed by atoms with Crippen molar-refractivity contribution >= 4 is 54.9 Å². The van der Waals surface area contributed by atoms with Gasteiger partial charge in [0.2, 0.25) is 0 Å². The lowest BCUT2D eigenvalue weighted by molar-refractivity contribution is 0.0697. The molecule has 0 saturated carbocycles. The molecule has 0 aliphatic heterocycles. The first-order valence-corrected chi connectivity index (χ1v) is 6.91. The molecule has 0 saturated heterocycles. The number of hydrogen-bond acceptors (Lipinski definition) is 3. The van der Waals surface area contributed by atoms with Crippen LogP contribution in [0.5, 0.6) is 0 Å². The quantitative estimate of drug-likeness (QED) is 0.691. The molecule has 0 heterocycles. The third kappa shape index (κ3) is 3.08. The maximum atomic E-state index is 11.0. The van der Waals surface area contributed by atoms with E-state index in [0.29, 0.717) is 11.4 Å². The van der Waals surface area contributed by atoms with Crippen LogP contribution in [-0.4, -0.2) is 11.1 Å². The highest BCUT2D eigenvalue weighted by Gasteiger charge is 2.10. The van der Waals surface area contributed by atoms with Gasteiger partial charge in [-0.2, -0.15) is 0 Å². The van der Waals surface area contributed by atoms with Gasteiger partial charge in [0.25, 0.3) is 0 Å². The third-order valence-electron chi connectivity index (χ3n) is 2.52. The van der Waals surface area contributed by atoms with Crippen LogP contribution in [0.15, 0.2) is 45.3 Å². The van der Waals surface area contributed by atoms with Gasteiger partial charge in [0.1, 0.15) is 0 Å². The number of anilines is 3. The van der Waals surface area contributed by atoms with E-state index in [-0.39, 0.29) is 5.56 Å². The molecule has 0 spiro atoms. The molecule has 19 heavy (non-hydrogen) atoms. The molecule has 98 valence electrons. The molecule has 0 unspecified atom stereocenters. The van der Waals surface area contributed by atoms with E-state index in [4.69, 9.17) is 10.8 Å². The number of carboxylic acid groups (broad SMARTS) is 1. The van der Waals surface area contributed by atoms with Crippen molar-refractivity contribution < 1.29 is 9.90 Å². The molecule has 0 amide bonds. The van der Waals surface area contributed by atoms with Gasteiger partial charge in [-0.1, -0.05) is 6.07 Å². The Morgan fingerprint density at radius 1 is 1.16 bits per heavy atom. The van der Waals surface area contributed by atoms with Gasteiger partial charge >= 0.3 is 5.97 Å². The Hall–Kier alpha value is -1.53. The molecule has 4 nitrogen and oxygen atoms in total. The Kier molecular flexibility index (Phi) is 4.11. The van der Waals surface area contributed by atoms with E-state index in [2.05, 4.69) is 37.2 Å². The van der Waals surface area contributed by atoms with Crippen LogP contribution in [0.3, 0.4) is 0 Å². The number of para-hydroxylation sites is 1. The van der Waals surface area contributed by atoms with Crippen molar-refractivity contribution in [3.8, 4) is 0 Å². The number of nitrogens with two attached hydrogens (primary N) is 1. The van der Waals surface area contributed by atoms with Crippen LogP contribution in [0.4, 0.5) is 17.1 Å². The van der Waals surface area contributed by atoms with E-state index in [0.717, 1.165) is 14.6 Å². The summed E-state index contributed by atoms with van der Waals surface area (Å²) in [5.41, 5.74) is 7.85. The largest absolute Gasteiger partial charge is 0.478 e. The van der Waals surface area contributed by atoms with Gasteiger partial charge in [-0.05, 0) is 62.2 Å². The van der Waals surface area contributed by atoms with Gasteiger partial charge in [0.15, 0.2) is 0 Å². The summed E-state index contributed by atoms with van der Waals surface area (Å²) in [7, 11) is 0. The summed E-state index contributed by atoms with van der Waals surface area (Å²) in [5.74, 6) is -0.991. The van der Waals surface area contributed by atoms with Crippen molar-refractivity contribution in [2.75, 3.05) is 11.1 Å². The molecule has 2 rings (SSSR count). The van der Waals surface area contributed by atoms with Crippen LogP contribution < -0.4 is 11.1 Å². The summed E-state index contributed by atoms with van der Waals surface area (Å²) in [4.78, 5) is 11.0. The fourth-order valence-electron chi connectivity index (χ4n) is 1.55. The summed E-state index contributed by atoms with van der Waals surface area (Å²) >= 11 is 6.85. The zero-order valence-corrected chi connectivity index (χ0v) is 12.8. The van der Waals surface area contributed by atoms with Crippen molar-refractivity contribution in [2.45, 2.75) is 0 Å². The van der Waals surface area contributed by atoms with E-state index < -0.39 is 5.97 Å². The van der Waals surface area contributed by atoms with Gasteiger partial charge in [0.05, 0.1) is 22.6 Å². The molecule has 0 aromatic heterocycles. The first-order valence-electron chi connectivity index (χ1n) is 5.33. The molecule has 0 fully saturated rings. The lowest BCUT2D eigenvalue weighted by Crippen LogP contribution is -2.02. The molecule has 0 atom stereocenters. The lowest BCUT2D eigenvalue weighted by Gasteiger charge is -2.13. The van der Waals surface area contributed by atoms with Crippen molar-refractivity contribution in [2.24, 2.45) is 0 Å². The predicted octanol–water partition coefficient (Wildman–Crippen LogP) is 4.24. The lowest BCUT2D eigenvalue weighted by atomic mass is 10.1. The maximum absolute atomic E-state index is 11.0. The molecular formula is C13H10Br2N2O2. The van der Waals surface area contributed by atoms with E-state index >= 15 is 0 Å². The Balaban J connectivity index is 2.43. The molecule has 2 aromatic rings. The number of aromatic carboxylic acids is 1. The van der Waals surface area contributed by atoms with Crippen LogP contribution in [0.25, 0.3) is 0 Å². The first kappa shape index (κ1) is 13.9. The number of carboxylic acids is 1. The molecule has 4 N–H and O–H groups in total. The third-order valence-corrected chi connectivity index (χ3v) is 3.84. The van der Waals surface area contributed by atoms with Crippen LogP contribution >= 0.6 is 31.9 Å². The highest BCUT2D eigenvalue weighted by atomic mass is 79.9. The zero-order valence-electron chi connectivity index (χ0n) is 9.65. The number of rotatable bonds is 3. The zero-order chi connectivity index (χ0) is 14.0. The fraction of sp³-hybridized carbons (Fsp3) is 0. The number of carbonyl (C=O) groups is 1. The van der Waals surface area contributed by atoms with Crippen molar-refractivity contribution in [3.05, 3.63) is 50.9 Å². The van der Waals surface area contributed by atoms with Crippen molar-refractivity contribution in [1.29, 1.82) is 0 Å². The van der Waals surface area contributed by atoms with Crippen LogP contribution in [0, 0.1) is 0 Å². The maximum Gasteiger partial charge on any atom is 0.335 e. The molecule has 0 bridgehead atoms. The Labute approximate surface area is 126 Å². The molecular weight excluding hydrogens is 376 g/mol. The van der Waals surface area contributed by atoms with E-state index in [1.165, 1.54) is 12.1 Å².